The molecule has 0 aliphatic rings. The summed E-state index contributed by atoms with van der Waals surface area (Å²) in [5.74, 6) is 0. The van der Waals surface area contributed by atoms with Crippen LogP contribution >= 0.6 is 11.3 Å². The van der Waals surface area contributed by atoms with Gasteiger partial charge in [0, 0.05) is 11.2 Å². The number of urea groups is 1. The largest absolute Gasteiger partial charge is 0.395 e. The number of carbonyl (C=O) groups excluding carboxylic acids is 1. The van der Waals surface area contributed by atoms with Gasteiger partial charge in [0.2, 0.25) is 0 Å². The van der Waals surface area contributed by atoms with E-state index < -0.39 is 0 Å². The van der Waals surface area contributed by atoms with Gasteiger partial charge in [-0.3, -0.25) is 0 Å². The van der Waals surface area contributed by atoms with Crippen LogP contribution in [0.15, 0.2) is 29.6 Å². The summed E-state index contributed by atoms with van der Waals surface area (Å²) in [5, 5.41) is 17.3. The molecule has 2 amide bonds. The summed E-state index contributed by atoms with van der Waals surface area (Å²) in [6.07, 6.45) is 0. The molecule has 0 saturated heterocycles. The molecule has 0 aliphatic heterocycles. The number of thiophene rings is 1. The molecule has 1 heterocycles. The van der Waals surface area contributed by atoms with Crippen molar-refractivity contribution in [1.29, 1.82) is 0 Å². The third-order valence-electron chi connectivity index (χ3n) is 2.72. The van der Waals surface area contributed by atoms with Crippen LogP contribution in [0.5, 0.6) is 0 Å². The summed E-state index contributed by atoms with van der Waals surface area (Å²) in [6.45, 7) is 2.17. The first-order chi connectivity index (χ1) is 8.72. The smallest absolute Gasteiger partial charge is 0.315 e. The molecular weight excluding hydrogens is 248 g/mol. The lowest BCUT2D eigenvalue weighted by atomic mass is 10.1. The molecule has 2 aromatic rings. The standard InChI is InChI=1S/C13H16N2O2S/c1-9(15-13(17)14-6-7-16)11-8-18-12-5-3-2-4-10(11)12/h2-5,8-9,16H,6-7H2,1H3,(H2,14,15,17). The summed E-state index contributed by atoms with van der Waals surface area (Å²) in [7, 11) is 0. The maximum absolute atomic E-state index is 11.5. The van der Waals surface area contributed by atoms with Crippen LogP contribution in [0.3, 0.4) is 0 Å². The maximum atomic E-state index is 11.5. The van der Waals surface area contributed by atoms with Crippen molar-refractivity contribution in [3.8, 4) is 0 Å². The van der Waals surface area contributed by atoms with Crippen molar-refractivity contribution in [2.24, 2.45) is 0 Å². The van der Waals surface area contributed by atoms with Crippen LogP contribution < -0.4 is 10.6 Å². The predicted molar refractivity (Wildman–Crippen MR) is 73.9 cm³/mol. The number of aliphatic hydroxyl groups is 1. The Bertz CT molecular complexity index is 539. The van der Waals surface area contributed by atoms with Crippen molar-refractivity contribution < 1.29 is 9.90 Å². The average Bonchev–Trinajstić information content (AvgIpc) is 2.80. The fourth-order valence-electron chi connectivity index (χ4n) is 1.83. The molecule has 0 spiro atoms. The first-order valence-corrected chi connectivity index (χ1v) is 6.71. The van der Waals surface area contributed by atoms with Crippen LogP contribution in [-0.2, 0) is 0 Å². The fourth-order valence-corrected chi connectivity index (χ4v) is 2.88. The van der Waals surface area contributed by atoms with Crippen LogP contribution in [0.2, 0.25) is 0 Å². The van der Waals surface area contributed by atoms with E-state index >= 15 is 0 Å². The molecule has 5 heteroatoms. The minimum Gasteiger partial charge on any atom is -0.395 e. The number of amides is 2. The van der Waals surface area contributed by atoms with Gasteiger partial charge < -0.3 is 15.7 Å². The van der Waals surface area contributed by atoms with E-state index in [2.05, 4.69) is 28.1 Å². The van der Waals surface area contributed by atoms with E-state index in [1.165, 1.54) is 10.1 Å². The molecule has 1 aromatic carbocycles. The van der Waals surface area contributed by atoms with E-state index in [9.17, 15) is 4.79 Å². The van der Waals surface area contributed by atoms with E-state index in [1.54, 1.807) is 11.3 Å². The molecule has 4 nitrogen and oxygen atoms in total. The Morgan fingerprint density at radius 3 is 3.00 bits per heavy atom. The number of fused-ring (bicyclic) bond motifs is 1. The SMILES string of the molecule is CC(NC(=O)NCCO)c1csc2ccccc12. The van der Waals surface area contributed by atoms with Gasteiger partial charge in [-0.05, 0) is 29.3 Å². The Hall–Kier alpha value is -1.59. The lowest BCUT2D eigenvalue weighted by Gasteiger charge is -2.14. The van der Waals surface area contributed by atoms with Crippen molar-refractivity contribution in [3.63, 3.8) is 0 Å². The normalized spacial score (nSPS) is 12.3. The lowest BCUT2D eigenvalue weighted by molar-refractivity contribution is 0.231. The highest BCUT2D eigenvalue weighted by Gasteiger charge is 2.13. The molecule has 1 atom stereocenters. The van der Waals surface area contributed by atoms with Crippen LogP contribution in [0, 0.1) is 0 Å². The van der Waals surface area contributed by atoms with Crippen molar-refractivity contribution in [2.45, 2.75) is 13.0 Å². The number of hydrogen-bond acceptors (Lipinski definition) is 3. The molecule has 0 saturated carbocycles. The number of nitrogens with one attached hydrogen (secondary N) is 2. The number of rotatable bonds is 4. The summed E-state index contributed by atoms with van der Waals surface area (Å²) >= 11 is 1.68. The molecule has 3 N–H and O–H groups in total. The molecule has 2 rings (SSSR count). The predicted octanol–water partition coefficient (Wildman–Crippen LogP) is 2.25. The Kier molecular flexibility index (Phi) is 4.17. The zero-order chi connectivity index (χ0) is 13.0. The summed E-state index contributed by atoms with van der Waals surface area (Å²) in [6, 6.07) is 7.82. The van der Waals surface area contributed by atoms with Crippen molar-refractivity contribution in [3.05, 3.63) is 35.2 Å². The van der Waals surface area contributed by atoms with Crippen molar-refractivity contribution in [1.82, 2.24) is 10.6 Å². The third kappa shape index (κ3) is 2.80. The summed E-state index contributed by atoms with van der Waals surface area (Å²) < 4.78 is 1.22. The number of hydrogen-bond donors (Lipinski definition) is 3. The molecular formula is C13H16N2O2S. The van der Waals surface area contributed by atoms with Gasteiger partial charge >= 0.3 is 6.03 Å². The second kappa shape index (κ2) is 5.84. The Labute approximate surface area is 110 Å². The van der Waals surface area contributed by atoms with Gasteiger partial charge in [0.1, 0.15) is 0 Å². The quantitative estimate of drug-likeness (QED) is 0.793. The van der Waals surface area contributed by atoms with Crippen LogP contribution in [0.1, 0.15) is 18.5 Å². The number of aliphatic hydroxyl groups excluding tert-OH is 1. The van der Waals surface area contributed by atoms with Gasteiger partial charge in [-0.15, -0.1) is 11.3 Å². The van der Waals surface area contributed by atoms with Crippen LogP contribution in [0.4, 0.5) is 4.79 Å². The zero-order valence-electron chi connectivity index (χ0n) is 10.1. The van der Waals surface area contributed by atoms with E-state index in [0.717, 1.165) is 5.56 Å². The third-order valence-corrected chi connectivity index (χ3v) is 3.70. The Morgan fingerprint density at radius 2 is 2.22 bits per heavy atom. The molecule has 0 radical (unpaired) electrons. The first kappa shape index (κ1) is 12.9. The van der Waals surface area contributed by atoms with Gasteiger partial charge in [0.15, 0.2) is 0 Å². The molecule has 0 aliphatic carbocycles. The second-order valence-corrected chi connectivity index (χ2v) is 4.94. The van der Waals surface area contributed by atoms with Crippen molar-refractivity contribution >= 4 is 27.5 Å². The van der Waals surface area contributed by atoms with Crippen molar-refractivity contribution in [2.75, 3.05) is 13.2 Å². The Balaban J connectivity index is 2.09. The molecule has 18 heavy (non-hydrogen) atoms. The summed E-state index contributed by atoms with van der Waals surface area (Å²) in [4.78, 5) is 11.5. The van der Waals surface area contributed by atoms with E-state index in [-0.39, 0.29) is 25.2 Å². The van der Waals surface area contributed by atoms with Gasteiger partial charge in [-0.2, -0.15) is 0 Å². The van der Waals surface area contributed by atoms with Gasteiger partial charge in [-0.1, -0.05) is 18.2 Å². The first-order valence-electron chi connectivity index (χ1n) is 5.83. The minimum absolute atomic E-state index is 0.0524. The number of benzene rings is 1. The van der Waals surface area contributed by atoms with E-state index in [4.69, 9.17) is 5.11 Å². The van der Waals surface area contributed by atoms with Gasteiger partial charge in [0.25, 0.3) is 0 Å². The molecule has 1 unspecified atom stereocenters. The topological polar surface area (TPSA) is 61.4 Å². The maximum Gasteiger partial charge on any atom is 0.315 e. The fraction of sp³-hybridized carbons (Fsp3) is 0.308. The monoisotopic (exact) mass is 264 g/mol. The second-order valence-electron chi connectivity index (χ2n) is 4.03. The van der Waals surface area contributed by atoms with E-state index in [0.29, 0.717) is 0 Å². The highest BCUT2D eigenvalue weighted by Crippen LogP contribution is 2.29. The van der Waals surface area contributed by atoms with Gasteiger partial charge in [0.05, 0.1) is 12.6 Å². The lowest BCUT2D eigenvalue weighted by Crippen LogP contribution is -2.38. The van der Waals surface area contributed by atoms with Crippen LogP contribution in [-0.4, -0.2) is 24.3 Å². The Morgan fingerprint density at radius 1 is 1.44 bits per heavy atom. The highest BCUT2D eigenvalue weighted by molar-refractivity contribution is 7.17. The van der Waals surface area contributed by atoms with E-state index in [1.807, 2.05) is 19.1 Å². The minimum atomic E-state index is -0.258. The molecule has 1 aromatic heterocycles. The molecule has 96 valence electrons. The molecule has 0 fully saturated rings. The van der Waals surface area contributed by atoms with Gasteiger partial charge in [-0.25, -0.2) is 4.79 Å². The van der Waals surface area contributed by atoms with Crippen LogP contribution in [0.25, 0.3) is 10.1 Å². The summed E-state index contributed by atoms with van der Waals surface area (Å²) in [5.41, 5.74) is 1.12. The highest BCUT2D eigenvalue weighted by atomic mass is 32.1. The zero-order valence-corrected chi connectivity index (χ0v) is 11.0. The number of carbonyl (C=O) groups is 1. The molecule has 0 bridgehead atoms. The average molecular weight is 264 g/mol.